The molecule has 0 spiro atoms. The van der Waals surface area contributed by atoms with Crippen molar-refractivity contribution in [3.05, 3.63) is 35.9 Å². The lowest BCUT2D eigenvalue weighted by Crippen LogP contribution is -2.39. The average molecular weight is 472 g/mol. The van der Waals surface area contributed by atoms with Crippen molar-refractivity contribution in [2.45, 2.75) is 45.6 Å². The Kier molecular flexibility index (Phi) is 11.3. The molecular weight excluding hydrogens is 439 g/mol. The van der Waals surface area contributed by atoms with Crippen molar-refractivity contribution in [3.63, 3.8) is 0 Å². The Labute approximate surface area is 175 Å². The van der Waals surface area contributed by atoms with E-state index in [1.807, 2.05) is 25.2 Å². The van der Waals surface area contributed by atoms with Gasteiger partial charge in [0, 0.05) is 32.6 Å². The number of nitrogens with zero attached hydrogens (tertiary/aromatic N) is 2. The topological polar surface area (TPSA) is 56.7 Å². The van der Waals surface area contributed by atoms with E-state index in [4.69, 9.17) is 0 Å². The number of aliphatic imine (C=N–C) groups is 1. The van der Waals surface area contributed by atoms with E-state index in [0.29, 0.717) is 13.1 Å². The molecule has 0 heterocycles. The zero-order valence-electron chi connectivity index (χ0n) is 16.0. The molecule has 6 heteroatoms. The molecule has 0 unspecified atom stereocenters. The first-order valence-corrected chi connectivity index (χ1v) is 9.51. The van der Waals surface area contributed by atoms with Gasteiger partial charge in [-0.25, -0.2) is 0 Å². The molecule has 0 radical (unpaired) electrons. The van der Waals surface area contributed by atoms with E-state index < -0.39 is 0 Å². The number of carbonyl (C=O) groups is 1. The average Bonchev–Trinajstić information content (AvgIpc) is 2.65. The Hall–Kier alpha value is -1.31. The summed E-state index contributed by atoms with van der Waals surface area (Å²) in [5.41, 5.74) is 1.25. The van der Waals surface area contributed by atoms with Gasteiger partial charge in [0.15, 0.2) is 5.96 Å². The Morgan fingerprint density at radius 3 is 2.50 bits per heavy atom. The fourth-order valence-corrected chi connectivity index (χ4v) is 3.25. The minimum atomic E-state index is 0. The summed E-state index contributed by atoms with van der Waals surface area (Å²) in [5, 5.41) is 6.36. The molecule has 5 nitrogen and oxygen atoms in total. The molecular formula is C20H33IN4O. The molecule has 0 bridgehead atoms. The molecule has 146 valence electrons. The van der Waals surface area contributed by atoms with Crippen LogP contribution in [0.1, 0.15) is 44.6 Å². The standard InChI is InChI=1S/C20H32N4O.HI/c1-3-21-20(24(2)16-17-10-6-4-7-11-17)23-15-14-22-19(25)18-12-8-5-9-13-18;/h4,6-7,10-11,18H,3,5,8-9,12-16H2,1-2H3,(H,21,23)(H,22,25);1H. The maximum Gasteiger partial charge on any atom is 0.223 e. The highest BCUT2D eigenvalue weighted by atomic mass is 127. The Balaban J connectivity index is 0.00000338. The Morgan fingerprint density at radius 1 is 1.15 bits per heavy atom. The van der Waals surface area contributed by atoms with Crippen molar-refractivity contribution in [1.29, 1.82) is 0 Å². The van der Waals surface area contributed by atoms with E-state index in [1.165, 1.54) is 24.8 Å². The van der Waals surface area contributed by atoms with E-state index in [1.54, 1.807) is 0 Å². The zero-order chi connectivity index (χ0) is 17.9. The third-order valence-corrected chi connectivity index (χ3v) is 4.61. The van der Waals surface area contributed by atoms with Crippen LogP contribution in [-0.2, 0) is 11.3 Å². The molecule has 26 heavy (non-hydrogen) atoms. The number of nitrogens with one attached hydrogen (secondary N) is 2. The summed E-state index contributed by atoms with van der Waals surface area (Å²) in [4.78, 5) is 18.9. The predicted octanol–water partition coefficient (Wildman–Crippen LogP) is 3.40. The lowest BCUT2D eigenvalue weighted by molar-refractivity contribution is -0.125. The third-order valence-electron chi connectivity index (χ3n) is 4.61. The van der Waals surface area contributed by atoms with Gasteiger partial charge in [-0.1, -0.05) is 49.6 Å². The fourth-order valence-electron chi connectivity index (χ4n) is 3.25. The maximum atomic E-state index is 12.2. The van der Waals surface area contributed by atoms with Crippen molar-refractivity contribution in [1.82, 2.24) is 15.5 Å². The zero-order valence-corrected chi connectivity index (χ0v) is 18.4. The summed E-state index contributed by atoms with van der Waals surface area (Å²) in [6, 6.07) is 10.4. The lowest BCUT2D eigenvalue weighted by Gasteiger charge is -2.22. The van der Waals surface area contributed by atoms with Crippen LogP contribution >= 0.6 is 24.0 Å². The second-order valence-corrected chi connectivity index (χ2v) is 6.70. The van der Waals surface area contributed by atoms with E-state index >= 15 is 0 Å². The van der Waals surface area contributed by atoms with Crippen molar-refractivity contribution < 1.29 is 4.79 Å². The molecule has 1 amide bonds. The molecule has 1 aliphatic rings. The van der Waals surface area contributed by atoms with Crippen LogP contribution in [-0.4, -0.2) is 43.4 Å². The van der Waals surface area contributed by atoms with Gasteiger partial charge in [0.1, 0.15) is 0 Å². The molecule has 1 saturated carbocycles. The van der Waals surface area contributed by atoms with E-state index in [0.717, 1.165) is 31.9 Å². The van der Waals surface area contributed by atoms with Crippen molar-refractivity contribution in [2.24, 2.45) is 10.9 Å². The van der Waals surface area contributed by atoms with Crippen LogP contribution in [0, 0.1) is 5.92 Å². The third kappa shape index (κ3) is 7.93. The number of amides is 1. The normalized spacial score (nSPS) is 15.1. The van der Waals surface area contributed by atoms with E-state index in [2.05, 4.69) is 39.6 Å². The van der Waals surface area contributed by atoms with Gasteiger partial charge >= 0.3 is 0 Å². The molecule has 0 aliphatic heterocycles. The number of guanidine groups is 1. The van der Waals surface area contributed by atoms with Gasteiger partial charge in [-0.3, -0.25) is 9.79 Å². The van der Waals surface area contributed by atoms with E-state index in [9.17, 15) is 4.79 Å². The first-order chi connectivity index (χ1) is 12.2. The molecule has 0 aromatic heterocycles. The summed E-state index contributed by atoms with van der Waals surface area (Å²) in [6.07, 6.45) is 5.72. The lowest BCUT2D eigenvalue weighted by atomic mass is 9.89. The van der Waals surface area contributed by atoms with Crippen molar-refractivity contribution >= 4 is 35.8 Å². The van der Waals surface area contributed by atoms with Gasteiger partial charge in [-0.05, 0) is 25.3 Å². The molecule has 1 aliphatic carbocycles. The molecule has 2 N–H and O–H groups in total. The van der Waals surface area contributed by atoms with Crippen molar-refractivity contribution in [3.8, 4) is 0 Å². The van der Waals surface area contributed by atoms with Gasteiger partial charge < -0.3 is 15.5 Å². The van der Waals surface area contributed by atoms with E-state index in [-0.39, 0.29) is 35.8 Å². The molecule has 0 atom stereocenters. The van der Waals surface area contributed by atoms with Crippen LogP contribution in [0.2, 0.25) is 0 Å². The van der Waals surface area contributed by atoms with Crippen LogP contribution in [0.3, 0.4) is 0 Å². The predicted molar refractivity (Wildman–Crippen MR) is 119 cm³/mol. The number of rotatable bonds is 7. The van der Waals surface area contributed by atoms with Gasteiger partial charge in [-0.2, -0.15) is 0 Å². The quantitative estimate of drug-likeness (QED) is 0.277. The van der Waals surface area contributed by atoms with Crippen LogP contribution < -0.4 is 10.6 Å². The minimum absolute atomic E-state index is 0. The van der Waals surface area contributed by atoms with Crippen LogP contribution in [0.15, 0.2) is 35.3 Å². The number of hydrogen-bond donors (Lipinski definition) is 2. The SMILES string of the molecule is CCNC(=NCCNC(=O)C1CCCCC1)N(C)Cc1ccccc1.I. The van der Waals surface area contributed by atoms with Crippen molar-refractivity contribution in [2.75, 3.05) is 26.7 Å². The molecule has 0 saturated heterocycles. The van der Waals surface area contributed by atoms with Crippen LogP contribution in [0.25, 0.3) is 0 Å². The largest absolute Gasteiger partial charge is 0.357 e. The first-order valence-electron chi connectivity index (χ1n) is 9.51. The summed E-state index contributed by atoms with van der Waals surface area (Å²) >= 11 is 0. The Morgan fingerprint density at radius 2 is 1.85 bits per heavy atom. The Bertz CT molecular complexity index is 544. The summed E-state index contributed by atoms with van der Waals surface area (Å²) < 4.78 is 0. The van der Waals surface area contributed by atoms with Gasteiger partial charge in [0.2, 0.25) is 5.91 Å². The van der Waals surface area contributed by atoms with Crippen LogP contribution in [0.5, 0.6) is 0 Å². The maximum absolute atomic E-state index is 12.2. The molecule has 1 aromatic carbocycles. The monoisotopic (exact) mass is 472 g/mol. The van der Waals surface area contributed by atoms with Gasteiger partial charge in [0.05, 0.1) is 6.54 Å². The highest BCUT2D eigenvalue weighted by Crippen LogP contribution is 2.23. The highest BCUT2D eigenvalue weighted by Gasteiger charge is 2.20. The molecule has 1 fully saturated rings. The number of benzene rings is 1. The summed E-state index contributed by atoms with van der Waals surface area (Å²) in [6.45, 7) is 4.90. The number of carbonyl (C=O) groups excluding carboxylic acids is 1. The second kappa shape index (κ2) is 12.9. The van der Waals surface area contributed by atoms with Gasteiger partial charge in [0.25, 0.3) is 0 Å². The number of hydrogen-bond acceptors (Lipinski definition) is 2. The summed E-state index contributed by atoms with van der Waals surface area (Å²) in [5.74, 6) is 1.29. The first kappa shape index (κ1) is 22.7. The minimum Gasteiger partial charge on any atom is -0.357 e. The van der Waals surface area contributed by atoms with Gasteiger partial charge in [-0.15, -0.1) is 24.0 Å². The fraction of sp³-hybridized carbons (Fsp3) is 0.600. The molecule has 2 rings (SSSR count). The second-order valence-electron chi connectivity index (χ2n) is 6.70. The number of halogens is 1. The molecule has 1 aromatic rings. The smallest absolute Gasteiger partial charge is 0.223 e. The highest BCUT2D eigenvalue weighted by molar-refractivity contribution is 14.0. The summed E-state index contributed by atoms with van der Waals surface area (Å²) in [7, 11) is 2.04. The van der Waals surface area contributed by atoms with Crippen LogP contribution in [0.4, 0.5) is 0 Å².